The first-order chi connectivity index (χ1) is 13.3. The standard InChI is InChI=1S/C20H19N3O4S/c1-13(24)21-19-22-23(14(2)25)20(3,28-19)16-10-7-11-17(12-16)27-18(26)15-8-5-4-6-9-15/h4-12H,1-3H3,(H,21,22,24)/t20-/m0/s1. The molecular weight excluding hydrogens is 378 g/mol. The van der Waals surface area contributed by atoms with Gasteiger partial charge in [0.2, 0.25) is 11.8 Å². The predicted octanol–water partition coefficient (Wildman–Crippen LogP) is 3.08. The molecule has 0 unspecified atom stereocenters. The molecule has 0 spiro atoms. The molecule has 1 aliphatic rings. The predicted molar refractivity (Wildman–Crippen MR) is 107 cm³/mol. The Morgan fingerprint density at radius 1 is 1.07 bits per heavy atom. The number of carbonyl (C=O) groups is 3. The Hall–Kier alpha value is -3.13. The molecule has 7 nitrogen and oxygen atoms in total. The van der Waals surface area contributed by atoms with E-state index in [1.807, 2.05) is 19.1 Å². The molecule has 28 heavy (non-hydrogen) atoms. The van der Waals surface area contributed by atoms with Gasteiger partial charge < -0.3 is 10.1 Å². The maximum absolute atomic E-state index is 12.3. The van der Waals surface area contributed by atoms with Crippen LogP contribution in [0.1, 0.15) is 36.7 Å². The first-order valence-corrected chi connectivity index (χ1v) is 9.35. The minimum absolute atomic E-state index is 0.274. The lowest BCUT2D eigenvalue weighted by molar-refractivity contribution is -0.131. The van der Waals surface area contributed by atoms with Gasteiger partial charge in [0, 0.05) is 13.8 Å². The monoisotopic (exact) mass is 397 g/mol. The Bertz CT molecular complexity index is 961. The van der Waals surface area contributed by atoms with Gasteiger partial charge in [-0.15, -0.1) is 5.10 Å². The van der Waals surface area contributed by atoms with Crippen LogP contribution in [0.25, 0.3) is 0 Å². The molecule has 0 aromatic heterocycles. The number of amidine groups is 1. The molecule has 0 radical (unpaired) electrons. The smallest absolute Gasteiger partial charge is 0.343 e. The fourth-order valence-corrected chi connectivity index (χ4v) is 3.97. The number of ether oxygens (including phenoxy) is 1. The average molecular weight is 397 g/mol. The number of rotatable bonds is 3. The van der Waals surface area contributed by atoms with Crippen LogP contribution in [-0.4, -0.2) is 28.0 Å². The summed E-state index contributed by atoms with van der Waals surface area (Å²) < 4.78 is 5.47. The van der Waals surface area contributed by atoms with Gasteiger partial charge in [0.25, 0.3) is 0 Å². The van der Waals surface area contributed by atoms with E-state index in [9.17, 15) is 14.4 Å². The van der Waals surface area contributed by atoms with Crippen molar-refractivity contribution < 1.29 is 19.1 Å². The molecule has 8 heteroatoms. The second-order valence-electron chi connectivity index (χ2n) is 6.29. The van der Waals surface area contributed by atoms with Crippen molar-refractivity contribution in [3.05, 3.63) is 65.7 Å². The molecule has 2 aromatic rings. The van der Waals surface area contributed by atoms with Crippen LogP contribution in [0.15, 0.2) is 59.7 Å². The number of nitrogens with zero attached hydrogens (tertiary/aromatic N) is 2. The average Bonchev–Trinajstić information content (AvgIpc) is 2.99. The normalized spacial score (nSPS) is 18.4. The summed E-state index contributed by atoms with van der Waals surface area (Å²) in [5.41, 5.74) is 1.14. The number of hydrogen-bond donors (Lipinski definition) is 1. The number of benzene rings is 2. The zero-order valence-electron chi connectivity index (χ0n) is 15.6. The van der Waals surface area contributed by atoms with Gasteiger partial charge in [-0.3, -0.25) is 9.59 Å². The number of carbonyl (C=O) groups excluding carboxylic acids is 3. The SMILES string of the molecule is CC(=O)NC1=NN(C(C)=O)[C@](C)(c2cccc(OC(=O)c3ccccc3)c2)S1. The quantitative estimate of drug-likeness (QED) is 0.635. The summed E-state index contributed by atoms with van der Waals surface area (Å²) in [5.74, 6) is -0.670. The third-order valence-corrected chi connectivity index (χ3v) is 5.24. The van der Waals surface area contributed by atoms with E-state index in [0.717, 1.165) is 0 Å². The van der Waals surface area contributed by atoms with E-state index in [1.165, 1.54) is 30.6 Å². The van der Waals surface area contributed by atoms with Gasteiger partial charge in [-0.05, 0) is 36.8 Å². The molecular formula is C20H19N3O4S. The van der Waals surface area contributed by atoms with Gasteiger partial charge in [-0.2, -0.15) is 0 Å². The fourth-order valence-electron chi connectivity index (χ4n) is 2.78. The van der Waals surface area contributed by atoms with E-state index in [2.05, 4.69) is 10.4 Å². The summed E-state index contributed by atoms with van der Waals surface area (Å²) >= 11 is 1.24. The molecule has 1 atom stereocenters. The van der Waals surface area contributed by atoms with Crippen LogP contribution in [-0.2, 0) is 14.5 Å². The first-order valence-electron chi connectivity index (χ1n) is 8.53. The lowest BCUT2D eigenvalue weighted by Gasteiger charge is -2.31. The number of nitrogens with one attached hydrogen (secondary N) is 1. The van der Waals surface area contributed by atoms with Gasteiger partial charge in [-0.25, -0.2) is 9.80 Å². The van der Waals surface area contributed by atoms with Crippen molar-refractivity contribution in [2.45, 2.75) is 25.6 Å². The largest absolute Gasteiger partial charge is 0.423 e. The Morgan fingerprint density at radius 3 is 2.43 bits per heavy atom. The van der Waals surface area contributed by atoms with Crippen LogP contribution >= 0.6 is 11.8 Å². The molecule has 0 aliphatic carbocycles. The second-order valence-corrected chi connectivity index (χ2v) is 7.67. The number of thioether (sulfide) groups is 1. The lowest BCUT2D eigenvalue weighted by atomic mass is 10.1. The van der Waals surface area contributed by atoms with Crippen molar-refractivity contribution in [3.8, 4) is 5.75 Å². The second kappa shape index (κ2) is 7.85. The van der Waals surface area contributed by atoms with Gasteiger partial charge >= 0.3 is 5.97 Å². The van der Waals surface area contributed by atoms with Crippen molar-refractivity contribution >= 4 is 34.7 Å². The summed E-state index contributed by atoms with van der Waals surface area (Å²) in [6.45, 7) is 4.59. The van der Waals surface area contributed by atoms with Crippen molar-refractivity contribution in [1.29, 1.82) is 0 Å². The Balaban J connectivity index is 1.87. The number of hydrazone groups is 1. The topological polar surface area (TPSA) is 88.1 Å². The maximum Gasteiger partial charge on any atom is 0.343 e. The van der Waals surface area contributed by atoms with Gasteiger partial charge in [0.1, 0.15) is 10.6 Å². The van der Waals surface area contributed by atoms with Crippen LogP contribution in [0.5, 0.6) is 5.75 Å². The van der Waals surface area contributed by atoms with Crippen LogP contribution in [0.2, 0.25) is 0 Å². The zero-order chi connectivity index (χ0) is 20.3. The minimum Gasteiger partial charge on any atom is -0.423 e. The van der Waals surface area contributed by atoms with E-state index in [-0.39, 0.29) is 11.8 Å². The highest BCUT2D eigenvalue weighted by molar-refractivity contribution is 8.14. The summed E-state index contributed by atoms with van der Waals surface area (Å²) in [6.07, 6.45) is 0. The molecule has 1 heterocycles. The summed E-state index contributed by atoms with van der Waals surface area (Å²) in [4.78, 5) is 34.9. The van der Waals surface area contributed by atoms with E-state index >= 15 is 0 Å². The highest BCUT2D eigenvalue weighted by Gasteiger charge is 2.44. The van der Waals surface area contributed by atoms with Gasteiger partial charge in [0.05, 0.1) is 5.56 Å². The molecule has 1 N–H and O–H groups in total. The summed E-state index contributed by atoms with van der Waals surface area (Å²) in [7, 11) is 0. The van der Waals surface area contributed by atoms with Crippen molar-refractivity contribution in [2.24, 2.45) is 5.10 Å². The molecule has 0 saturated carbocycles. The van der Waals surface area contributed by atoms with E-state index in [4.69, 9.17) is 4.74 Å². The van der Waals surface area contributed by atoms with Crippen LogP contribution < -0.4 is 10.1 Å². The molecule has 0 saturated heterocycles. The molecule has 2 amide bonds. The van der Waals surface area contributed by atoms with Crippen molar-refractivity contribution in [3.63, 3.8) is 0 Å². The molecule has 144 valence electrons. The molecule has 1 aliphatic heterocycles. The lowest BCUT2D eigenvalue weighted by Crippen LogP contribution is -2.37. The van der Waals surface area contributed by atoms with Crippen molar-refractivity contribution in [2.75, 3.05) is 0 Å². The van der Waals surface area contributed by atoms with Crippen molar-refractivity contribution in [1.82, 2.24) is 10.3 Å². The van der Waals surface area contributed by atoms with Crippen LogP contribution in [0.4, 0.5) is 0 Å². The number of amides is 2. The highest BCUT2D eigenvalue weighted by atomic mass is 32.2. The third-order valence-electron chi connectivity index (χ3n) is 4.06. The van der Waals surface area contributed by atoms with E-state index in [1.54, 1.807) is 42.5 Å². The third kappa shape index (κ3) is 4.07. The molecule has 0 fully saturated rings. The Labute approximate surface area is 166 Å². The molecule has 2 aromatic carbocycles. The Kier molecular flexibility index (Phi) is 5.51. The first kappa shape index (κ1) is 19.6. The summed E-state index contributed by atoms with van der Waals surface area (Å²) in [5, 5.41) is 8.47. The fraction of sp³-hybridized carbons (Fsp3) is 0.200. The number of esters is 1. The number of hydrogen-bond acceptors (Lipinski definition) is 6. The maximum atomic E-state index is 12.3. The van der Waals surface area contributed by atoms with E-state index in [0.29, 0.717) is 22.0 Å². The van der Waals surface area contributed by atoms with Gasteiger partial charge in [0.15, 0.2) is 5.17 Å². The Morgan fingerprint density at radius 2 is 1.79 bits per heavy atom. The van der Waals surface area contributed by atoms with Crippen LogP contribution in [0.3, 0.4) is 0 Å². The van der Waals surface area contributed by atoms with E-state index < -0.39 is 10.8 Å². The minimum atomic E-state index is -0.890. The zero-order valence-corrected chi connectivity index (χ0v) is 16.4. The highest BCUT2D eigenvalue weighted by Crippen LogP contribution is 2.45. The van der Waals surface area contributed by atoms with Gasteiger partial charge in [-0.1, -0.05) is 42.1 Å². The molecule has 3 rings (SSSR count). The molecule has 0 bridgehead atoms. The summed E-state index contributed by atoms with van der Waals surface area (Å²) in [6, 6.07) is 15.6. The van der Waals surface area contributed by atoms with Crippen LogP contribution in [0, 0.1) is 0 Å².